The predicted molar refractivity (Wildman–Crippen MR) is 90.6 cm³/mol. The van der Waals surface area contributed by atoms with Crippen LogP contribution in [0.25, 0.3) is 0 Å². The van der Waals surface area contributed by atoms with E-state index in [-0.39, 0.29) is 24.4 Å². The molecule has 0 aliphatic carbocycles. The first-order chi connectivity index (χ1) is 10.1. The standard InChI is InChI=1S/C16H22N4O.ClH/c1-12(17-3)9-18-16(21)15-10-19-20(13(15)2)11-14-7-5-4-6-8-14;/h4-8,10,12,17H,9,11H2,1-3H3,(H,18,21);1H. The van der Waals surface area contributed by atoms with E-state index in [2.05, 4.69) is 27.9 Å². The van der Waals surface area contributed by atoms with Crippen LogP contribution in [0.3, 0.4) is 0 Å². The number of rotatable bonds is 6. The molecule has 1 aromatic heterocycles. The molecule has 120 valence electrons. The molecule has 0 spiro atoms. The van der Waals surface area contributed by atoms with Crippen molar-refractivity contribution in [3.05, 3.63) is 53.3 Å². The fourth-order valence-electron chi connectivity index (χ4n) is 2.03. The van der Waals surface area contributed by atoms with Crippen LogP contribution in [0.5, 0.6) is 0 Å². The van der Waals surface area contributed by atoms with E-state index in [4.69, 9.17) is 0 Å². The molecule has 0 bridgehead atoms. The van der Waals surface area contributed by atoms with E-state index in [0.717, 1.165) is 5.69 Å². The number of likely N-dealkylation sites (N-methyl/N-ethyl adjacent to an activating group) is 1. The largest absolute Gasteiger partial charge is 0.350 e. The lowest BCUT2D eigenvalue weighted by molar-refractivity contribution is 0.0950. The molecule has 1 atom stereocenters. The van der Waals surface area contributed by atoms with Crippen molar-refractivity contribution in [3.63, 3.8) is 0 Å². The van der Waals surface area contributed by atoms with Gasteiger partial charge in [0.1, 0.15) is 0 Å². The van der Waals surface area contributed by atoms with Crippen LogP contribution in [-0.2, 0) is 6.54 Å². The quantitative estimate of drug-likeness (QED) is 0.855. The number of carbonyl (C=O) groups excluding carboxylic acids is 1. The zero-order chi connectivity index (χ0) is 15.2. The first-order valence-corrected chi connectivity index (χ1v) is 7.13. The Morgan fingerprint density at radius 3 is 2.64 bits per heavy atom. The molecule has 1 amide bonds. The number of halogens is 1. The molecular formula is C16H23ClN4O. The number of hydrogen-bond acceptors (Lipinski definition) is 3. The molecule has 6 heteroatoms. The monoisotopic (exact) mass is 322 g/mol. The minimum atomic E-state index is -0.0751. The van der Waals surface area contributed by atoms with Crippen LogP contribution in [0.1, 0.15) is 28.5 Å². The Bertz CT molecular complexity index is 597. The lowest BCUT2D eigenvalue weighted by atomic mass is 10.2. The SMILES string of the molecule is CNC(C)CNC(=O)c1cnn(Cc2ccccc2)c1C.Cl. The van der Waals surface area contributed by atoms with Crippen molar-refractivity contribution in [1.29, 1.82) is 0 Å². The lowest BCUT2D eigenvalue weighted by Gasteiger charge is -2.11. The van der Waals surface area contributed by atoms with E-state index >= 15 is 0 Å². The summed E-state index contributed by atoms with van der Waals surface area (Å²) in [7, 11) is 1.87. The molecule has 2 N–H and O–H groups in total. The van der Waals surface area contributed by atoms with Crippen LogP contribution in [0, 0.1) is 6.92 Å². The highest BCUT2D eigenvalue weighted by Crippen LogP contribution is 2.10. The zero-order valence-corrected chi connectivity index (χ0v) is 14.0. The summed E-state index contributed by atoms with van der Waals surface area (Å²) >= 11 is 0. The van der Waals surface area contributed by atoms with Crippen molar-refractivity contribution in [2.24, 2.45) is 0 Å². The van der Waals surface area contributed by atoms with Gasteiger partial charge in [0.25, 0.3) is 5.91 Å². The summed E-state index contributed by atoms with van der Waals surface area (Å²) in [5.41, 5.74) is 2.68. The summed E-state index contributed by atoms with van der Waals surface area (Å²) in [6.45, 7) is 5.21. The number of nitrogens with one attached hydrogen (secondary N) is 2. The third kappa shape index (κ3) is 4.58. The highest BCUT2D eigenvalue weighted by molar-refractivity contribution is 5.95. The summed E-state index contributed by atoms with van der Waals surface area (Å²) in [5, 5.41) is 10.3. The van der Waals surface area contributed by atoms with Gasteiger partial charge in [0, 0.05) is 18.3 Å². The number of nitrogens with zero attached hydrogens (tertiary/aromatic N) is 2. The van der Waals surface area contributed by atoms with Crippen LogP contribution in [0.4, 0.5) is 0 Å². The lowest BCUT2D eigenvalue weighted by Crippen LogP contribution is -2.37. The van der Waals surface area contributed by atoms with E-state index < -0.39 is 0 Å². The van der Waals surface area contributed by atoms with Crippen LogP contribution < -0.4 is 10.6 Å². The van der Waals surface area contributed by atoms with Crippen LogP contribution in [0.15, 0.2) is 36.5 Å². The second-order valence-corrected chi connectivity index (χ2v) is 5.19. The molecule has 22 heavy (non-hydrogen) atoms. The molecule has 1 unspecified atom stereocenters. The van der Waals surface area contributed by atoms with Crippen molar-refractivity contribution >= 4 is 18.3 Å². The Balaban J connectivity index is 0.00000242. The summed E-state index contributed by atoms with van der Waals surface area (Å²) in [4.78, 5) is 12.2. The first kappa shape index (κ1) is 18.2. The molecule has 0 fully saturated rings. The van der Waals surface area contributed by atoms with Crippen molar-refractivity contribution in [2.45, 2.75) is 26.4 Å². The number of hydrogen-bond donors (Lipinski definition) is 2. The normalized spacial score (nSPS) is 11.6. The van der Waals surface area contributed by atoms with Gasteiger partial charge in [-0.3, -0.25) is 9.48 Å². The first-order valence-electron chi connectivity index (χ1n) is 7.13. The minimum Gasteiger partial charge on any atom is -0.350 e. The third-order valence-electron chi connectivity index (χ3n) is 3.58. The van der Waals surface area contributed by atoms with Gasteiger partial charge in [-0.15, -0.1) is 12.4 Å². The smallest absolute Gasteiger partial charge is 0.254 e. The van der Waals surface area contributed by atoms with Gasteiger partial charge < -0.3 is 10.6 Å². The Morgan fingerprint density at radius 1 is 1.32 bits per heavy atom. The van der Waals surface area contributed by atoms with Gasteiger partial charge in [-0.2, -0.15) is 5.10 Å². The number of benzene rings is 1. The number of carbonyl (C=O) groups is 1. The molecule has 0 radical (unpaired) electrons. The molecular weight excluding hydrogens is 300 g/mol. The molecule has 1 heterocycles. The second-order valence-electron chi connectivity index (χ2n) is 5.19. The van der Waals surface area contributed by atoms with E-state index in [1.54, 1.807) is 6.20 Å². The Labute approximate surface area is 137 Å². The van der Waals surface area contributed by atoms with Gasteiger partial charge in [0.05, 0.1) is 18.3 Å². The van der Waals surface area contributed by atoms with Crippen LogP contribution in [0.2, 0.25) is 0 Å². The molecule has 2 rings (SSSR count). The Kier molecular flexibility index (Phi) is 7.08. The van der Waals surface area contributed by atoms with E-state index in [9.17, 15) is 4.79 Å². The van der Waals surface area contributed by atoms with Crippen molar-refractivity contribution in [3.8, 4) is 0 Å². The predicted octanol–water partition coefficient (Wildman–Crippen LogP) is 2.00. The Hall–Kier alpha value is -1.85. The average molecular weight is 323 g/mol. The van der Waals surface area contributed by atoms with Crippen LogP contribution in [-0.4, -0.2) is 35.3 Å². The second kappa shape index (κ2) is 8.56. The zero-order valence-electron chi connectivity index (χ0n) is 13.2. The number of aromatic nitrogens is 2. The topological polar surface area (TPSA) is 58.9 Å². The maximum absolute atomic E-state index is 12.2. The summed E-state index contributed by atoms with van der Waals surface area (Å²) < 4.78 is 1.85. The fraction of sp³-hybridized carbons (Fsp3) is 0.375. The minimum absolute atomic E-state index is 0. The van der Waals surface area contributed by atoms with Gasteiger partial charge in [-0.25, -0.2) is 0 Å². The van der Waals surface area contributed by atoms with Gasteiger partial charge in [0.2, 0.25) is 0 Å². The van der Waals surface area contributed by atoms with Crippen molar-refractivity contribution in [1.82, 2.24) is 20.4 Å². The van der Waals surface area contributed by atoms with E-state index in [1.807, 2.05) is 43.8 Å². The van der Waals surface area contributed by atoms with Crippen molar-refractivity contribution < 1.29 is 4.79 Å². The maximum Gasteiger partial charge on any atom is 0.254 e. The molecule has 0 aliphatic rings. The Morgan fingerprint density at radius 2 is 2.00 bits per heavy atom. The maximum atomic E-state index is 12.2. The van der Waals surface area contributed by atoms with Gasteiger partial charge in [0.15, 0.2) is 0 Å². The van der Waals surface area contributed by atoms with Gasteiger partial charge in [-0.1, -0.05) is 30.3 Å². The molecule has 0 aliphatic heterocycles. The van der Waals surface area contributed by atoms with Crippen molar-refractivity contribution in [2.75, 3.05) is 13.6 Å². The molecule has 2 aromatic rings. The molecule has 5 nitrogen and oxygen atoms in total. The average Bonchev–Trinajstić information content (AvgIpc) is 2.86. The van der Waals surface area contributed by atoms with E-state index in [1.165, 1.54) is 5.56 Å². The van der Waals surface area contributed by atoms with Crippen LogP contribution >= 0.6 is 12.4 Å². The van der Waals surface area contributed by atoms with Gasteiger partial charge >= 0.3 is 0 Å². The summed E-state index contributed by atoms with van der Waals surface area (Å²) in [6.07, 6.45) is 1.64. The molecule has 0 saturated heterocycles. The fourth-order valence-corrected chi connectivity index (χ4v) is 2.03. The highest BCUT2D eigenvalue weighted by Gasteiger charge is 2.14. The van der Waals surface area contributed by atoms with E-state index in [0.29, 0.717) is 18.7 Å². The van der Waals surface area contributed by atoms with Gasteiger partial charge in [-0.05, 0) is 26.5 Å². The summed E-state index contributed by atoms with van der Waals surface area (Å²) in [6, 6.07) is 10.3. The highest BCUT2D eigenvalue weighted by atomic mass is 35.5. The third-order valence-corrected chi connectivity index (χ3v) is 3.58. The molecule has 1 aromatic carbocycles. The number of amides is 1. The molecule has 0 saturated carbocycles. The summed E-state index contributed by atoms with van der Waals surface area (Å²) in [5.74, 6) is -0.0751.